The van der Waals surface area contributed by atoms with Crippen LogP contribution in [0.3, 0.4) is 0 Å². The van der Waals surface area contributed by atoms with E-state index in [0.29, 0.717) is 25.0 Å². The Morgan fingerprint density at radius 1 is 1.10 bits per heavy atom. The van der Waals surface area contributed by atoms with Crippen LogP contribution < -0.4 is 0 Å². The molecule has 0 radical (unpaired) electrons. The molecule has 0 aliphatic heterocycles. The third-order valence-electron chi connectivity index (χ3n) is 0.700. The Morgan fingerprint density at radius 2 is 1.50 bits per heavy atom. The Hall–Kier alpha value is 0.930. The van der Waals surface area contributed by atoms with Gasteiger partial charge in [0.15, 0.2) is 8.38 Å². The van der Waals surface area contributed by atoms with Crippen molar-refractivity contribution >= 4 is 31.6 Å². The van der Waals surface area contributed by atoms with Crippen LogP contribution in [0.4, 0.5) is 0 Å². The molecule has 0 saturated heterocycles. The van der Waals surface area contributed by atoms with Crippen LogP contribution >= 0.6 is 31.6 Å². The molecule has 0 bridgehead atoms. The predicted molar refractivity (Wildman–Crippen MR) is 46.2 cm³/mol. The lowest BCUT2D eigenvalue weighted by Crippen LogP contribution is -1.95. The second-order valence-electron chi connectivity index (χ2n) is 1.48. The van der Waals surface area contributed by atoms with Gasteiger partial charge in [-0.2, -0.15) is 0 Å². The Morgan fingerprint density at radius 3 is 1.80 bits per heavy atom. The van der Waals surface area contributed by atoms with Gasteiger partial charge in [0.25, 0.3) is 0 Å². The highest BCUT2D eigenvalue weighted by atomic mass is 35.5. The molecule has 0 aromatic carbocycles. The fourth-order valence-electron chi connectivity index (χ4n) is 0.363. The summed E-state index contributed by atoms with van der Waals surface area (Å²) in [5, 5.41) is 0. The molecule has 62 valence electrons. The second-order valence-corrected chi connectivity index (χ2v) is 3.64. The fourth-order valence-corrected chi connectivity index (χ4v) is 1.50. The monoisotopic (exact) mass is 204 g/mol. The Bertz CT molecular complexity index is 66.7. The van der Waals surface area contributed by atoms with Crippen molar-refractivity contribution in [2.24, 2.45) is 0 Å². The topological polar surface area (TPSA) is 18.5 Å². The van der Waals surface area contributed by atoms with Crippen molar-refractivity contribution in [3.8, 4) is 0 Å². The first-order valence-corrected chi connectivity index (χ1v) is 5.62. The number of halogens is 2. The zero-order valence-electron chi connectivity index (χ0n) is 5.85. The molecule has 10 heavy (non-hydrogen) atoms. The summed E-state index contributed by atoms with van der Waals surface area (Å²) in [6, 6.07) is 0. The summed E-state index contributed by atoms with van der Waals surface area (Å²) in [5.74, 6) is 1.02. The van der Waals surface area contributed by atoms with Gasteiger partial charge in [-0.05, 0) is 0 Å². The van der Waals surface area contributed by atoms with Crippen molar-refractivity contribution in [3.63, 3.8) is 0 Å². The lowest BCUT2D eigenvalue weighted by molar-refractivity contribution is 0.276. The lowest BCUT2D eigenvalue weighted by atomic mass is 10.9. The Balaban J connectivity index is 3.00. The van der Waals surface area contributed by atoms with E-state index in [1.807, 2.05) is 6.66 Å². The number of hydrogen-bond donors (Lipinski definition) is 0. The third kappa shape index (κ3) is 7.04. The molecule has 0 saturated carbocycles. The van der Waals surface area contributed by atoms with Crippen LogP contribution in [0, 0.1) is 0 Å². The van der Waals surface area contributed by atoms with Gasteiger partial charge in [0.2, 0.25) is 0 Å². The van der Waals surface area contributed by atoms with Gasteiger partial charge in [-0.15, -0.1) is 23.2 Å². The minimum Gasteiger partial charge on any atom is -0.333 e. The molecule has 0 unspecified atom stereocenters. The van der Waals surface area contributed by atoms with Crippen LogP contribution in [0.25, 0.3) is 0 Å². The molecule has 0 amide bonds. The largest absolute Gasteiger partial charge is 0.333 e. The van der Waals surface area contributed by atoms with E-state index in [0.717, 1.165) is 0 Å². The maximum absolute atomic E-state index is 5.38. The van der Waals surface area contributed by atoms with E-state index in [9.17, 15) is 0 Å². The summed E-state index contributed by atoms with van der Waals surface area (Å²) in [7, 11) is -0.761. The normalized spacial score (nSPS) is 10.8. The van der Waals surface area contributed by atoms with Gasteiger partial charge >= 0.3 is 0 Å². The summed E-state index contributed by atoms with van der Waals surface area (Å²) in [4.78, 5) is 0. The van der Waals surface area contributed by atoms with Gasteiger partial charge in [0.1, 0.15) is 0 Å². The molecule has 0 aromatic rings. The molecular weight excluding hydrogens is 194 g/mol. The zero-order valence-corrected chi connectivity index (χ0v) is 8.25. The fraction of sp³-hybridized carbons (Fsp3) is 1.00. The van der Waals surface area contributed by atoms with Crippen molar-refractivity contribution in [2.75, 3.05) is 31.6 Å². The number of rotatable bonds is 6. The smallest absolute Gasteiger partial charge is 0.167 e. The molecule has 5 heteroatoms. The summed E-state index contributed by atoms with van der Waals surface area (Å²) in [5.41, 5.74) is 0. The van der Waals surface area contributed by atoms with Crippen LogP contribution in [0.15, 0.2) is 0 Å². The molecule has 0 fully saturated rings. The Kier molecular flexibility index (Phi) is 8.78. The van der Waals surface area contributed by atoms with Crippen molar-refractivity contribution < 1.29 is 9.05 Å². The van der Waals surface area contributed by atoms with Gasteiger partial charge < -0.3 is 9.05 Å². The minimum absolute atomic E-state index is 0.511. The van der Waals surface area contributed by atoms with E-state index < -0.39 is 8.38 Å². The lowest BCUT2D eigenvalue weighted by Gasteiger charge is -2.10. The number of hydrogen-bond acceptors (Lipinski definition) is 2. The van der Waals surface area contributed by atoms with Crippen LogP contribution in [0.1, 0.15) is 0 Å². The quantitative estimate of drug-likeness (QED) is 0.489. The predicted octanol–water partition coefficient (Wildman–Crippen LogP) is 2.44. The average Bonchev–Trinajstić information content (AvgIpc) is 1.97. The van der Waals surface area contributed by atoms with E-state index >= 15 is 0 Å². The van der Waals surface area contributed by atoms with Crippen LogP contribution in [-0.2, 0) is 9.05 Å². The molecule has 0 heterocycles. The van der Waals surface area contributed by atoms with Gasteiger partial charge in [0.05, 0.1) is 13.2 Å². The first-order valence-electron chi connectivity index (χ1n) is 2.92. The highest BCUT2D eigenvalue weighted by Gasteiger charge is 1.99. The van der Waals surface area contributed by atoms with E-state index in [4.69, 9.17) is 32.2 Å². The minimum atomic E-state index is -0.761. The van der Waals surface area contributed by atoms with Crippen molar-refractivity contribution in [1.29, 1.82) is 0 Å². The molecule has 0 N–H and O–H groups in total. The standard InChI is InChI=1S/C5H11Cl2O2P/c1-10(8-4-2-6)9-5-3-7/h2-5H2,1H3. The number of alkyl halides is 2. The molecule has 0 rings (SSSR count). The third-order valence-corrected chi connectivity index (χ3v) is 2.10. The Labute approximate surface area is 72.7 Å². The summed E-state index contributed by atoms with van der Waals surface area (Å²) in [6.07, 6.45) is 0. The highest BCUT2D eigenvalue weighted by Crippen LogP contribution is 2.32. The second kappa shape index (κ2) is 8.03. The maximum Gasteiger partial charge on any atom is 0.167 e. The van der Waals surface area contributed by atoms with Gasteiger partial charge in [-0.1, -0.05) is 0 Å². The molecule has 2 nitrogen and oxygen atoms in total. The van der Waals surface area contributed by atoms with Crippen LogP contribution in [0.2, 0.25) is 0 Å². The SMILES string of the molecule is CP(OCCCl)OCCCl. The summed E-state index contributed by atoms with van der Waals surface area (Å²) >= 11 is 10.8. The average molecular weight is 205 g/mol. The van der Waals surface area contributed by atoms with Crippen molar-refractivity contribution in [2.45, 2.75) is 0 Å². The molecule has 0 aliphatic carbocycles. The first kappa shape index (κ1) is 10.9. The van der Waals surface area contributed by atoms with Crippen LogP contribution in [0.5, 0.6) is 0 Å². The summed E-state index contributed by atoms with van der Waals surface area (Å²) in [6.45, 7) is 2.98. The van der Waals surface area contributed by atoms with E-state index in [-0.39, 0.29) is 0 Å². The molecule has 0 spiro atoms. The maximum atomic E-state index is 5.38. The molecular formula is C5H11Cl2O2P. The molecule has 0 aliphatic rings. The van der Waals surface area contributed by atoms with E-state index in [1.165, 1.54) is 0 Å². The molecule has 0 atom stereocenters. The van der Waals surface area contributed by atoms with E-state index in [2.05, 4.69) is 0 Å². The summed E-state index contributed by atoms with van der Waals surface area (Å²) < 4.78 is 10.3. The van der Waals surface area contributed by atoms with Gasteiger partial charge in [0, 0.05) is 18.4 Å². The van der Waals surface area contributed by atoms with Crippen molar-refractivity contribution in [1.82, 2.24) is 0 Å². The van der Waals surface area contributed by atoms with Gasteiger partial charge in [-0.25, -0.2) is 0 Å². The van der Waals surface area contributed by atoms with E-state index in [1.54, 1.807) is 0 Å². The zero-order chi connectivity index (χ0) is 7.82. The highest BCUT2D eigenvalue weighted by molar-refractivity contribution is 7.46. The van der Waals surface area contributed by atoms with Crippen LogP contribution in [-0.4, -0.2) is 31.6 Å². The molecule has 0 aromatic heterocycles. The van der Waals surface area contributed by atoms with Crippen molar-refractivity contribution in [3.05, 3.63) is 0 Å². The first-order chi connectivity index (χ1) is 4.81. The van der Waals surface area contributed by atoms with Gasteiger partial charge in [-0.3, -0.25) is 0 Å².